The van der Waals surface area contributed by atoms with Gasteiger partial charge in [0.15, 0.2) is 0 Å². The second-order valence-electron chi connectivity index (χ2n) is 9.56. The lowest BCUT2D eigenvalue weighted by atomic mass is 9.62. The molecule has 0 aromatic heterocycles. The predicted molar refractivity (Wildman–Crippen MR) is 108 cm³/mol. The molecular formula is C24H32O2. The molecule has 1 aromatic rings. The Bertz CT molecular complexity index is 793. The minimum atomic E-state index is -0.671. The van der Waals surface area contributed by atoms with Gasteiger partial charge in [0.2, 0.25) is 0 Å². The van der Waals surface area contributed by atoms with Crippen LogP contribution in [-0.4, -0.2) is 11.1 Å². The predicted octanol–water partition coefficient (Wildman–Crippen LogP) is 6.02. The number of allylic oxidation sites excluding steroid dienone is 4. The molecule has 3 rings (SSSR count). The molecule has 0 amide bonds. The summed E-state index contributed by atoms with van der Waals surface area (Å²) < 4.78 is 0. The van der Waals surface area contributed by atoms with E-state index in [1.165, 1.54) is 40.7 Å². The first kappa shape index (κ1) is 18.9. The Kier molecular flexibility index (Phi) is 4.67. The molecule has 1 saturated carbocycles. The molecule has 2 nitrogen and oxygen atoms in total. The highest BCUT2D eigenvalue weighted by Gasteiger charge is 2.41. The van der Waals surface area contributed by atoms with E-state index in [-0.39, 0.29) is 22.7 Å². The summed E-state index contributed by atoms with van der Waals surface area (Å²) in [5.41, 5.74) is 7.32. The molecular weight excluding hydrogens is 320 g/mol. The number of hydrogen-bond acceptors (Lipinski definition) is 1. The molecule has 2 heteroatoms. The van der Waals surface area contributed by atoms with Gasteiger partial charge in [-0.1, -0.05) is 58.1 Å². The van der Waals surface area contributed by atoms with Crippen LogP contribution in [0.3, 0.4) is 0 Å². The quantitative estimate of drug-likeness (QED) is 0.672. The van der Waals surface area contributed by atoms with E-state index in [1.807, 2.05) is 12.2 Å². The summed E-state index contributed by atoms with van der Waals surface area (Å²) in [5, 5.41) is 9.00. The third-order valence-electron chi connectivity index (χ3n) is 6.48. The molecule has 0 bridgehead atoms. The van der Waals surface area contributed by atoms with Crippen molar-refractivity contribution in [1.82, 2.24) is 0 Å². The molecule has 2 aliphatic rings. The smallest absolute Gasteiger partial charge is 0.307 e. The van der Waals surface area contributed by atoms with Crippen molar-refractivity contribution in [2.24, 2.45) is 11.8 Å². The van der Waals surface area contributed by atoms with Crippen LogP contribution >= 0.6 is 0 Å². The van der Waals surface area contributed by atoms with Crippen LogP contribution in [0.5, 0.6) is 0 Å². The normalized spacial score (nSPS) is 26.6. The summed E-state index contributed by atoms with van der Waals surface area (Å²) in [6, 6.07) is 4.80. The first-order valence-corrected chi connectivity index (χ1v) is 9.77. The Morgan fingerprint density at radius 1 is 1.12 bits per heavy atom. The van der Waals surface area contributed by atoms with Crippen LogP contribution in [0.4, 0.5) is 0 Å². The average Bonchev–Trinajstić information content (AvgIpc) is 3.31. The third-order valence-corrected chi connectivity index (χ3v) is 6.48. The second-order valence-corrected chi connectivity index (χ2v) is 9.56. The Balaban J connectivity index is 1.90. The van der Waals surface area contributed by atoms with E-state index < -0.39 is 5.97 Å². The van der Waals surface area contributed by atoms with Crippen LogP contribution in [0.25, 0.3) is 5.57 Å². The maximum atomic E-state index is 10.9. The van der Waals surface area contributed by atoms with Crippen molar-refractivity contribution in [2.45, 2.75) is 71.6 Å². The van der Waals surface area contributed by atoms with Gasteiger partial charge in [0, 0.05) is 0 Å². The number of aliphatic carboxylic acids is 1. The van der Waals surface area contributed by atoms with Crippen molar-refractivity contribution in [3.05, 3.63) is 52.6 Å². The zero-order valence-electron chi connectivity index (χ0n) is 17.0. The summed E-state index contributed by atoms with van der Waals surface area (Å²) in [7, 11) is 0. The lowest BCUT2D eigenvalue weighted by Gasteiger charge is -2.42. The molecule has 2 aliphatic carbocycles. The topological polar surface area (TPSA) is 37.3 Å². The van der Waals surface area contributed by atoms with Gasteiger partial charge >= 0.3 is 5.97 Å². The van der Waals surface area contributed by atoms with E-state index in [4.69, 9.17) is 5.11 Å². The summed E-state index contributed by atoms with van der Waals surface area (Å²) in [6.07, 6.45) is 9.44. The molecule has 1 fully saturated rings. The minimum absolute atomic E-state index is 0.173. The van der Waals surface area contributed by atoms with Gasteiger partial charge in [-0.05, 0) is 77.7 Å². The average molecular weight is 353 g/mol. The van der Waals surface area contributed by atoms with Crippen molar-refractivity contribution in [3.63, 3.8) is 0 Å². The van der Waals surface area contributed by atoms with Crippen molar-refractivity contribution < 1.29 is 9.90 Å². The fourth-order valence-electron chi connectivity index (χ4n) is 4.29. The van der Waals surface area contributed by atoms with E-state index in [0.29, 0.717) is 0 Å². The number of hydrogen-bond donors (Lipinski definition) is 1. The number of benzene rings is 1. The van der Waals surface area contributed by atoms with Gasteiger partial charge in [0.1, 0.15) is 0 Å². The van der Waals surface area contributed by atoms with E-state index in [1.54, 1.807) is 0 Å². The molecule has 0 heterocycles. The van der Waals surface area contributed by atoms with Crippen molar-refractivity contribution in [1.29, 1.82) is 0 Å². The summed E-state index contributed by atoms with van der Waals surface area (Å²) in [4.78, 5) is 10.9. The SMILES string of the molecule is CC(=CC=C[C@@H]1C[C@H]1C(=O)O)c1cc2c(cc1C)C(C)(C)CCC2(C)C. The summed E-state index contributed by atoms with van der Waals surface area (Å²) >= 11 is 0. The molecule has 1 N–H and O–H groups in total. The van der Waals surface area contributed by atoms with Crippen molar-refractivity contribution in [2.75, 3.05) is 0 Å². The fourth-order valence-corrected chi connectivity index (χ4v) is 4.29. The van der Waals surface area contributed by atoms with Crippen LogP contribution in [0.1, 0.15) is 76.1 Å². The molecule has 2 atom stereocenters. The highest BCUT2D eigenvalue weighted by Crippen LogP contribution is 2.47. The van der Waals surface area contributed by atoms with Crippen LogP contribution in [0.2, 0.25) is 0 Å². The Hall–Kier alpha value is -1.83. The van der Waals surface area contributed by atoms with Crippen LogP contribution < -0.4 is 0 Å². The van der Waals surface area contributed by atoms with Gasteiger partial charge in [-0.3, -0.25) is 4.79 Å². The van der Waals surface area contributed by atoms with Crippen molar-refractivity contribution in [3.8, 4) is 0 Å². The van der Waals surface area contributed by atoms with Crippen LogP contribution in [-0.2, 0) is 15.6 Å². The van der Waals surface area contributed by atoms with Gasteiger partial charge in [-0.25, -0.2) is 0 Å². The van der Waals surface area contributed by atoms with Gasteiger partial charge in [-0.15, -0.1) is 0 Å². The van der Waals surface area contributed by atoms with Crippen LogP contribution in [0, 0.1) is 18.8 Å². The standard InChI is InChI=1S/C24H32O2/c1-15(8-7-9-17-13-19(17)22(25)26)18-14-21-20(12-16(18)2)23(3,4)10-11-24(21,5)6/h7-9,12,14,17,19H,10-11,13H2,1-6H3,(H,25,26)/t17-,19-/m1/s1. The van der Waals surface area contributed by atoms with Gasteiger partial charge < -0.3 is 5.11 Å². The molecule has 0 radical (unpaired) electrons. The maximum Gasteiger partial charge on any atom is 0.307 e. The van der Waals surface area contributed by atoms with Crippen LogP contribution in [0.15, 0.2) is 30.4 Å². The lowest BCUT2D eigenvalue weighted by Crippen LogP contribution is -2.34. The molecule has 0 aliphatic heterocycles. The highest BCUT2D eigenvalue weighted by molar-refractivity contribution is 5.74. The number of carboxylic acids is 1. The zero-order chi connectivity index (χ0) is 19.3. The third kappa shape index (κ3) is 3.51. The van der Waals surface area contributed by atoms with E-state index in [0.717, 1.165) is 6.42 Å². The second kappa shape index (κ2) is 6.40. The molecule has 0 spiro atoms. The molecule has 0 unspecified atom stereocenters. The van der Waals surface area contributed by atoms with Gasteiger partial charge in [-0.2, -0.15) is 0 Å². The lowest BCUT2D eigenvalue weighted by molar-refractivity contribution is -0.138. The van der Waals surface area contributed by atoms with Crippen molar-refractivity contribution >= 4 is 11.5 Å². The van der Waals surface area contributed by atoms with E-state index in [2.05, 4.69) is 59.8 Å². The van der Waals surface area contributed by atoms with E-state index in [9.17, 15) is 4.79 Å². The Labute approximate surface area is 158 Å². The number of aryl methyl sites for hydroxylation is 1. The molecule has 140 valence electrons. The largest absolute Gasteiger partial charge is 0.481 e. The first-order chi connectivity index (χ1) is 12.0. The minimum Gasteiger partial charge on any atom is -0.481 e. The van der Waals surface area contributed by atoms with E-state index >= 15 is 0 Å². The molecule has 26 heavy (non-hydrogen) atoms. The number of fused-ring (bicyclic) bond motifs is 1. The van der Waals surface area contributed by atoms with Gasteiger partial charge in [0.05, 0.1) is 5.92 Å². The molecule has 0 saturated heterocycles. The highest BCUT2D eigenvalue weighted by atomic mass is 16.4. The number of carbonyl (C=O) groups is 1. The number of rotatable bonds is 4. The Morgan fingerprint density at radius 2 is 1.69 bits per heavy atom. The summed E-state index contributed by atoms with van der Waals surface area (Å²) in [5.74, 6) is -0.634. The zero-order valence-corrected chi connectivity index (χ0v) is 17.0. The molecule has 1 aromatic carbocycles. The first-order valence-electron chi connectivity index (χ1n) is 9.77. The monoisotopic (exact) mass is 352 g/mol. The maximum absolute atomic E-state index is 10.9. The fraction of sp³-hybridized carbons (Fsp3) is 0.542. The van der Waals surface area contributed by atoms with Gasteiger partial charge in [0.25, 0.3) is 0 Å². The number of carboxylic acid groups (broad SMARTS) is 1. The Morgan fingerprint density at radius 3 is 2.23 bits per heavy atom. The summed E-state index contributed by atoms with van der Waals surface area (Å²) in [6.45, 7) is 13.8.